The maximum absolute atomic E-state index is 12.1. The number of nitrogens with one attached hydrogen (secondary N) is 1. The number of halogens is 1. The van der Waals surface area contributed by atoms with Crippen molar-refractivity contribution in [2.24, 2.45) is 0 Å². The van der Waals surface area contributed by atoms with E-state index in [1.165, 1.54) is 0 Å². The zero-order chi connectivity index (χ0) is 11.4. The predicted octanol–water partition coefficient (Wildman–Crippen LogP) is 2.65. The average molecular weight is 205 g/mol. The van der Waals surface area contributed by atoms with Crippen molar-refractivity contribution >= 4 is 6.09 Å². The highest BCUT2D eigenvalue weighted by Gasteiger charge is 2.23. The number of rotatable bonds is 3. The van der Waals surface area contributed by atoms with Crippen LogP contribution in [-0.2, 0) is 4.74 Å². The van der Waals surface area contributed by atoms with Crippen LogP contribution in [0.2, 0.25) is 0 Å². The van der Waals surface area contributed by atoms with Gasteiger partial charge in [0.15, 0.2) is 0 Å². The molecular formula is C10H20FNO2. The molecule has 0 aliphatic carbocycles. The van der Waals surface area contributed by atoms with Crippen LogP contribution in [0.25, 0.3) is 0 Å². The highest BCUT2D eigenvalue weighted by Crippen LogP contribution is 2.11. The Morgan fingerprint density at radius 2 is 1.79 bits per heavy atom. The summed E-state index contributed by atoms with van der Waals surface area (Å²) in [7, 11) is 0. The van der Waals surface area contributed by atoms with Gasteiger partial charge in [-0.15, -0.1) is 0 Å². The van der Waals surface area contributed by atoms with Gasteiger partial charge >= 0.3 is 6.09 Å². The van der Waals surface area contributed by atoms with E-state index in [4.69, 9.17) is 4.74 Å². The van der Waals surface area contributed by atoms with E-state index >= 15 is 0 Å². The zero-order valence-electron chi connectivity index (χ0n) is 9.61. The molecular weight excluding hydrogens is 185 g/mol. The molecule has 0 aromatic carbocycles. The SMILES string of the molecule is CC(C)(CCF)NC(=O)OC(C)(C)C. The Kier molecular flexibility index (Phi) is 4.36. The van der Waals surface area contributed by atoms with Gasteiger partial charge in [0.05, 0.1) is 6.67 Å². The molecule has 0 atom stereocenters. The largest absolute Gasteiger partial charge is 0.444 e. The molecule has 84 valence electrons. The third-order valence-corrected chi connectivity index (χ3v) is 1.56. The van der Waals surface area contributed by atoms with E-state index in [0.717, 1.165) is 0 Å². The van der Waals surface area contributed by atoms with Crippen molar-refractivity contribution in [3.8, 4) is 0 Å². The summed E-state index contributed by atoms with van der Waals surface area (Å²) in [6, 6.07) is 0. The van der Waals surface area contributed by atoms with Gasteiger partial charge in [-0.3, -0.25) is 4.39 Å². The summed E-state index contributed by atoms with van der Waals surface area (Å²) >= 11 is 0. The number of alkyl carbamates (subject to hydrolysis) is 1. The highest BCUT2D eigenvalue weighted by atomic mass is 19.1. The van der Waals surface area contributed by atoms with Crippen molar-refractivity contribution in [2.75, 3.05) is 6.67 Å². The molecule has 0 aliphatic rings. The van der Waals surface area contributed by atoms with E-state index in [2.05, 4.69) is 5.32 Å². The monoisotopic (exact) mass is 205 g/mol. The first-order valence-electron chi connectivity index (χ1n) is 4.73. The third-order valence-electron chi connectivity index (χ3n) is 1.56. The standard InChI is InChI=1S/C10H20FNO2/c1-9(2,3)14-8(13)12-10(4,5)6-7-11/h6-7H2,1-5H3,(H,12,13). The lowest BCUT2D eigenvalue weighted by Crippen LogP contribution is -2.46. The number of carbonyl (C=O) groups excluding carboxylic acids is 1. The van der Waals surface area contributed by atoms with Crippen LogP contribution in [0.1, 0.15) is 41.0 Å². The number of amides is 1. The Bertz CT molecular complexity index is 197. The van der Waals surface area contributed by atoms with Gasteiger partial charge in [-0.2, -0.15) is 0 Å². The quantitative estimate of drug-likeness (QED) is 0.769. The molecule has 14 heavy (non-hydrogen) atoms. The van der Waals surface area contributed by atoms with E-state index < -0.39 is 23.9 Å². The van der Waals surface area contributed by atoms with Crippen LogP contribution < -0.4 is 5.32 Å². The Morgan fingerprint density at radius 3 is 2.14 bits per heavy atom. The van der Waals surface area contributed by atoms with E-state index in [-0.39, 0.29) is 6.42 Å². The summed E-state index contributed by atoms with van der Waals surface area (Å²) in [6.07, 6.45) is -0.220. The first kappa shape index (κ1) is 13.2. The molecule has 1 N–H and O–H groups in total. The molecule has 3 nitrogen and oxygen atoms in total. The number of hydrogen-bond donors (Lipinski definition) is 1. The molecule has 0 bridgehead atoms. The van der Waals surface area contributed by atoms with Crippen molar-refractivity contribution in [1.29, 1.82) is 0 Å². The topological polar surface area (TPSA) is 38.3 Å². The van der Waals surface area contributed by atoms with Gasteiger partial charge in [0.25, 0.3) is 0 Å². The summed E-state index contributed by atoms with van der Waals surface area (Å²) in [6.45, 7) is 8.42. The number of carbonyl (C=O) groups is 1. The number of hydrogen-bond acceptors (Lipinski definition) is 2. The second-order valence-corrected chi connectivity index (χ2v) is 4.95. The second-order valence-electron chi connectivity index (χ2n) is 4.95. The van der Waals surface area contributed by atoms with Gasteiger partial charge in [-0.1, -0.05) is 0 Å². The third kappa shape index (κ3) is 6.69. The molecule has 0 heterocycles. The van der Waals surface area contributed by atoms with Crippen LogP contribution >= 0.6 is 0 Å². The van der Waals surface area contributed by atoms with Crippen molar-refractivity contribution in [3.05, 3.63) is 0 Å². The molecule has 0 aromatic heterocycles. The fourth-order valence-electron chi connectivity index (χ4n) is 0.879. The second kappa shape index (κ2) is 4.62. The Labute approximate surface area is 85.0 Å². The molecule has 0 aromatic rings. The molecule has 0 aliphatic heterocycles. The lowest BCUT2D eigenvalue weighted by molar-refractivity contribution is 0.0465. The van der Waals surface area contributed by atoms with Crippen molar-refractivity contribution in [2.45, 2.75) is 52.2 Å². The van der Waals surface area contributed by atoms with Crippen LogP contribution in [0.3, 0.4) is 0 Å². The van der Waals surface area contributed by atoms with E-state index in [1.54, 1.807) is 34.6 Å². The van der Waals surface area contributed by atoms with Crippen LogP contribution in [0.15, 0.2) is 0 Å². The zero-order valence-corrected chi connectivity index (χ0v) is 9.61. The first-order valence-corrected chi connectivity index (χ1v) is 4.73. The van der Waals surface area contributed by atoms with Gasteiger partial charge in [-0.05, 0) is 41.0 Å². The van der Waals surface area contributed by atoms with Gasteiger partial charge < -0.3 is 10.1 Å². The summed E-state index contributed by atoms with van der Waals surface area (Å²) in [5.41, 5.74) is -1.08. The van der Waals surface area contributed by atoms with Gasteiger partial charge in [0, 0.05) is 5.54 Å². The van der Waals surface area contributed by atoms with Crippen molar-refractivity contribution in [3.63, 3.8) is 0 Å². The molecule has 0 saturated heterocycles. The molecule has 0 spiro atoms. The van der Waals surface area contributed by atoms with Crippen LogP contribution in [0, 0.1) is 0 Å². The normalized spacial score (nSPS) is 12.4. The van der Waals surface area contributed by atoms with Crippen molar-refractivity contribution in [1.82, 2.24) is 5.32 Å². The molecule has 0 radical (unpaired) electrons. The summed E-state index contributed by atoms with van der Waals surface area (Å²) in [5, 5.41) is 2.61. The fraction of sp³-hybridized carbons (Fsp3) is 0.900. The Hall–Kier alpha value is -0.800. The fourth-order valence-corrected chi connectivity index (χ4v) is 0.879. The Balaban J connectivity index is 4.06. The molecule has 0 unspecified atom stereocenters. The first-order chi connectivity index (χ1) is 6.16. The van der Waals surface area contributed by atoms with E-state index in [1.807, 2.05) is 0 Å². The van der Waals surface area contributed by atoms with Gasteiger partial charge in [-0.25, -0.2) is 4.79 Å². The molecule has 0 fully saturated rings. The minimum atomic E-state index is -0.558. The summed E-state index contributed by atoms with van der Waals surface area (Å²) in [4.78, 5) is 11.3. The molecule has 0 saturated carbocycles. The minimum absolute atomic E-state index is 0.284. The molecule has 0 rings (SSSR count). The van der Waals surface area contributed by atoms with E-state index in [9.17, 15) is 9.18 Å². The van der Waals surface area contributed by atoms with Crippen molar-refractivity contribution < 1.29 is 13.9 Å². The number of ether oxygens (including phenoxy) is 1. The number of alkyl halides is 1. The van der Waals surface area contributed by atoms with Crippen LogP contribution in [0.4, 0.5) is 9.18 Å². The lowest BCUT2D eigenvalue weighted by atomic mass is 10.0. The Morgan fingerprint density at radius 1 is 1.29 bits per heavy atom. The lowest BCUT2D eigenvalue weighted by Gasteiger charge is -2.27. The van der Waals surface area contributed by atoms with Crippen LogP contribution in [0.5, 0.6) is 0 Å². The van der Waals surface area contributed by atoms with E-state index in [0.29, 0.717) is 0 Å². The summed E-state index contributed by atoms with van der Waals surface area (Å²) < 4.78 is 17.1. The average Bonchev–Trinajstić information content (AvgIpc) is 1.78. The van der Waals surface area contributed by atoms with Crippen LogP contribution in [-0.4, -0.2) is 23.9 Å². The maximum Gasteiger partial charge on any atom is 0.408 e. The molecule has 4 heteroatoms. The van der Waals surface area contributed by atoms with Gasteiger partial charge in [0.2, 0.25) is 0 Å². The van der Waals surface area contributed by atoms with Gasteiger partial charge in [0.1, 0.15) is 5.60 Å². The molecule has 1 amide bonds. The minimum Gasteiger partial charge on any atom is -0.444 e. The summed E-state index contributed by atoms with van der Waals surface area (Å²) in [5.74, 6) is 0. The highest BCUT2D eigenvalue weighted by molar-refractivity contribution is 5.68. The smallest absolute Gasteiger partial charge is 0.408 e. The maximum atomic E-state index is 12.1. The predicted molar refractivity (Wildman–Crippen MR) is 54.0 cm³/mol.